The van der Waals surface area contributed by atoms with Crippen LogP contribution in [0.3, 0.4) is 0 Å². The molecule has 1 aliphatic heterocycles. The Morgan fingerprint density at radius 2 is 1.57 bits per heavy atom. The molecule has 1 aliphatic rings. The molecule has 0 unspecified atom stereocenters. The third-order valence-corrected chi connectivity index (χ3v) is 6.36. The molecule has 1 heterocycles. The molecule has 3 rings (SSSR count). The van der Waals surface area contributed by atoms with Gasteiger partial charge in [-0.25, -0.2) is 21.6 Å². The van der Waals surface area contributed by atoms with Gasteiger partial charge in [0.2, 0.25) is 10.0 Å². The number of benzene rings is 2. The lowest BCUT2D eigenvalue weighted by atomic mass is 10.1. The van der Waals surface area contributed by atoms with Crippen molar-refractivity contribution in [2.45, 2.75) is 4.90 Å². The van der Waals surface area contributed by atoms with Crippen LogP contribution in [0, 0.1) is 17.5 Å². The lowest BCUT2D eigenvalue weighted by Gasteiger charge is -2.34. The van der Waals surface area contributed by atoms with Gasteiger partial charge in [0.15, 0.2) is 0 Å². The van der Waals surface area contributed by atoms with Crippen LogP contribution in [0.15, 0.2) is 41.3 Å². The minimum Gasteiger partial charge on any atom is -0.496 e. The van der Waals surface area contributed by atoms with E-state index < -0.39 is 38.3 Å². The van der Waals surface area contributed by atoms with E-state index in [1.54, 1.807) is 0 Å². The van der Waals surface area contributed by atoms with E-state index in [0.717, 1.165) is 28.6 Å². The van der Waals surface area contributed by atoms with Gasteiger partial charge < -0.3 is 9.64 Å². The number of carbonyl (C=O) groups excluding carboxylic acids is 1. The monoisotopic (exact) mass is 414 g/mol. The Bertz CT molecular complexity index is 1010. The van der Waals surface area contributed by atoms with Crippen LogP contribution in [-0.2, 0) is 10.0 Å². The average molecular weight is 414 g/mol. The van der Waals surface area contributed by atoms with Gasteiger partial charge in [-0.1, -0.05) is 0 Å². The molecule has 0 spiro atoms. The van der Waals surface area contributed by atoms with Crippen LogP contribution < -0.4 is 4.74 Å². The maximum atomic E-state index is 13.9. The topological polar surface area (TPSA) is 66.9 Å². The van der Waals surface area contributed by atoms with Gasteiger partial charge in [0.1, 0.15) is 28.1 Å². The predicted octanol–water partition coefficient (Wildman–Crippen LogP) is 2.26. The summed E-state index contributed by atoms with van der Waals surface area (Å²) in [5.74, 6) is -2.95. The summed E-state index contributed by atoms with van der Waals surface area (Å²) in [6.45, 7) is -0.105. The van der Waals surface area contributed by atoms with Gasteiger partial charge in [-0.05, 0) is 30.3 Å². The number of methoxy groups -OCH3 is 1. The van der Waals surface area contributed by atoms with Crippen LogP contribution in [0.1, 0.15) is 10.4 Å². The highest BCUT2D eigenvalue weighted by molar-refractivity contribution is 7.89. The summed E-state index contributed by atoms with van der Waals surface area (Å²) in [5, 5.41) is 0. The molecule has 28 heavy (non-hydrogen) atoms. The highest BCUT2D eigenvalue weighted by Gasteiger charge is 2.33. The van der Waals surface area contributed by atoms with Crippen LogP contribution >= 0.6 is 0 Å². The zero-order chi connectivity index (χ0) is 20.5. The number of sulfonamides is 1. The normalized spacial score (nSPS) is 15.5. The first kappa shape index (κ1) is 20.2. The van der Waals surface area contributed by atoms with Crippen molar-refractivity contribution in [1.82, 2.24) is 9.21 Å². The first-order valence-corrected chi connectivity index (χ1v) is 9.76. The Morgan fingerprint density at radius 3 is 2.18 bits per heavy atom. The van der Waals surface area contributed by atoms with Gasteiger partial charge in [-0.15, -0.1) is 0 Å². The van der Waals surface area contributed by atoms with E-state index in [9.17, 15) is 26.4 Å². The maximum absolute atomic E-state index is 13.9. The standard InChI is InChI=1S/C18H17F3N2O4S/c1-27-16-4-2-12(19)10-14(16)18(24)22-6-8-23(9-7-22)28(25,26)17-5-3-13(20)11-15(17)21/h2-5,10-11H,6-9H2,1H3. The molecule has 2 aromatic rings. The zero-order valence-electron chi connectivity index (χ0n) is 14.9. The van der Waals surface area contributed by atoms with Crippen molar-refractivity contribution < 1.29 is 31.1 Å². The summed E-state index contributed by atoms with van der Waals surface area (Å²) >= 11 is 0. The number of ether oxygens (including phenoxy) is 1. The van der Waals surface area contributed by atoms with Gasteiger partial charge in [0.05, 0.1) is 12.7 Å². The highest BCUT2D eigenvalue weighted by atomic mass is 32.2. The van der Waals surface area contributed by atoms with Crippen molar-refractivity contribution in [3.8, 4) is 5.75 Å². The minimum absolute atomic E-state index is 0.0283. The Hall–Kier alpha value is -2.59. The summed E-state index contributed by atoms with van der Waals surface area (Å²) in [6, 6.07) is 5.79. The number of rotatable bonds is 4. The van der Waals surface area contributed by atoms with Crippen molar-refractivity contribution in [2.75, 3.05) is 33.3 Å². The summed E-state index contributed by atoms with van der Waals surface area (Å²) in [7, 11) is -2.82. The molecule has 0 aromatic heterocycles. The number of halogens is 3. The van der Waals surface area contributed by atoms with Gasteiger partial charge in [0.25, 0.3) is 5.91 Å². The molecule has 1 amide bonds. The lowest BCUT2D eigenvalue weighted by Crippen LogP contribution is -2.50. The average Bonchev–Trinajstić information content (AvgIpc) is 2.67. The second-order valence-electron chi connectivity index (χ2n) is 6.12. The molecule has 0 saturated carbocycles. The van der Waals surface area contributed by atoms with E-state index in [1.165, 1.54) is 18.1 Å². The fourth-order valence-electron chi connectivity index (χ4n) is 2.97. The van der Waals surface area contributed by atoms with E-state index in [-0.39, 0.29) is 37.5 Å². The smallest absolute Gasteiger partial charge is 0.257 e. The van der Waals surface area contributed by atoms with Gasteiger partial charge >= 0.3 is 0 Å². The molecular weight excluding hydrogens is 397 g/mol. The largest absolute Gasteiger partial charge is 0.496 e. The number of piperazine rings is 1. The fourth-order valence-corrected chi connectivity index (χ4v) is 4.44. The van der Waals surface area contributed by atoms with Crippen molar-refractivity contribution in [1.29, 1.82) is 0 Å². The van der Waals surface area contributed by atoms with Gasteiger partial charge in [-0.2, -0.15) is 4.31 Å². The first-order valence-electron chi connectivity index (χ1n) is 8.32. The van der Waals surface area contributed by atoms with E-state index >= 15 is 0 Å². The molecule has 0 aliphatic carbocycles. The van der Waals surface area contributed by atoms with Crippen molar-refractivity contribution >= 4 is 15.9 Å². The van der Waals surface area contributed by atoms with E-state index in [1.807, 2.05) is 0 Å². The quantitative estimate of drug-likeness (QED) is 0.770. The van der Waals surface area contributed by atoms with Crippen LogP contribution in [0.2, 0.25) is 0 Å². The van der Waals surface area contributed by atoms with E-state index in [2.05, 4.69) is 0 Å². The lowest BCUT2D eigenvalue weighted by molar-refractivity contribution is 0.0694. The molecule has 0 radical (unpaired) electrons. The van der Waals surface area contributed by atoms with E-state index in [4.69, 9.17) is 4.74 Å². The molecule has 1 fully saturated rings. The zero-order valence-corrected chi connectivity index (χ0v) is 15.7. The molecule has 2 aromatic carbocycles. The molecule has 6 nitrogen and oxygen atoms in total. The maximum Gasteiger partial charge on any atom is 0.257 e. The summed E-state index contributed by atoms with van der Waals surface area (Å²) in [4.78, 5) is 13.4. The van der Waals surface area contributed by atoms with Crippen molar-refractivity contribution in [3.05, 3.63) is 59.4 Å². The molecule has 0 bridgehead atoms. The van der Waals surface area contributed by atoms with Crippen LogP contribution in [0.25, 0.3) is 0 Å². The van der Waals surface area contributed by atoms with E-state index in [0.29, 0.717) is 6.07 Å². The SMILES string of the molecule is COc1ccc(F)cc1C(=O)N1CCN(S(=O)(=O)c2ccc(F)cc2F)CC1. The van der Waals surface area contributed by atoms with Crippen LogP contribution in [-0.4, -0.2) is 56.8 Å². The minimum atomic E-state index is -4.17. The van der Waals surface area contributed by atoms with Crippen molar-refractivity contribution in [2.24, 2.45) is 0 Å². The Labute approximate surface area is 160 Å². The Kier molecular flexibility index (Phi) is 5.61. The van der Waals surface area contributed by atoms with Gasteiger partial charge in [0, 0.05) is 32.2 Å². The Morgan fingerprint density at radius 1 is 0.964 bits per heavy atom. The first-order chi connectivity index (χ1) is 13.2. The second-order valence-corrected chi connectivity index (χ2v) is 8.02. The van der Waals surface area contributed by atoms with Crippen LogP contribution in [0.5, 0.6) is 5.75 Å². The summed E-state index contributed by atoms with van der Waals surface area (Å²) < 4.78 is 71.7. The van der Waals surface area contributed by atoms with Gasteiger partial charge in [-0.3, -0.25) is 4.79 Å². The molecular formula is C18H17F3N2O4S. The number of hydrogen-bond donors (Lipinski definition) is 0. The summed E-state index contributed by atoms with van der Waals surface area (Å²) in [5.41, 5.74) is 0.0309. The number of nitrogens with zero attached hydrogens (tertiary/aromatic N) is 2. The molecule has 0 atom stereocenters. The predicted molar refractivity (Wildman–Crippen MR) is 94.0 cm³/mol. The molecule has 150 valence electrons. The molecule has 0 N–H and O–H groups in total. The van der Waals surface area contributed by atoms with Crippen LogP contribution in [0.4, 0.5) is 13.2 Å². The fraction of sp³-hybridized carbons (Fsp3) is 0.278. The summed E-state index contributed by atoms with van der Waals surface area (Å²) in [6.07, 6.45) is 0. The highest BCUT2D eigenvalue weighted by Crippen LogP contribution is 2.24. The second kappa shape index (κ2) is 7.80. The molecule has 10 heteroatoms. The molecule has 1 saturated heterocycles. The Balaban J connectivity index is 1.75. The number of carbonyl (C=O) groups is 1. The van der Waals surface area contributed by atoms with Crippen molar-refractivity contribution in [3.63, 3.8) is 0 Å². The number of amides is 1. The number of hydrogen-bond acceptors (Lipinski definition) is 4. The third kappa shape index (κ3) is 3.83. The third-order valence-electron chi connectivity index (χ3n) is 4.43.